The van der Waals surface area contributed by atoms with Crippen LogP contribution in [-0.2, 0) is 0 Å². The van der Waals surface area contributed by atoms with Gasteiger partial charge in [-0.05, 0) is 107 Å². The fourth-order valence-corrected chi connectivity index (χ4v) is 4.19. The summed E-state index contributed by atoms with van der Waals surface area (Å²) in [4.78, 5) is 2.25. The fourth-order valence-electron chi connectivity index (χ4n) is 3.83. The first-order chi connectivity index (χ1) is 16.8. The van der Waals surface area contributed by atoms with E-state index in [4.69, 9.17) is 0 Å². The Morgan fingerprint density at radius 1 is 0.412 bits per heavy atom. The Kier molecular flexibility index (Phi) is 6.74. The maximum absolute atomic E-state index is 3.30. The molecule has 162 valence electrons. The molecule has 0 radical (unpaired) electrons. The summed E-state index contributed by atoms with van der Waals surface area (Å²) in [6, 6.07) is 46.3. The zero-order valence-corrected chi connectivity index (χ0v) is 20.7. The first-order valence-electron chi connectivity index (χ1n) is 11.1. The van der Waals surface area contributed by atoms with Crippen LogP contribution in [0.3, 0.4) is 0 Å². The Bertz CT molecular complexity index is 1370. The molecule has 5 aromatic rings. The summed E-state index contributed by atoms with van der Waals surface area (Å²) in [5.74, 6) is 6.60. The molecule has 1 nitrogen and oxygen atoms in total. The molecule has 0 aliphatic rings. The van der Waals surface area contributed by atoms with Gasteiger partial charge in [-0.3, -0.25) is 0 Å². The second-order valence-corrected chi connectivity index (χ2v) is 9.13. The van der Waals surface area contributed by atoms with E-state index in [1.165, 1.54) is 14.7 Å². The second-order valence-electron chi connectivity index (χ2n) is 7.89. The zero-order chi connectivity index (χ0) is 23.2. The first kappa shape index (κ1) is 22.0. The van der Waals surface area contributed by atoms with Gasteiger partial charge in [0.1, 0.15) is 0 Å². The number of rotatable bonds is 4. The van der Waals surface area contributed by atoms with Crippen molar-refractivity contribution in [2.45, 2.75) is 0 Å². The second kappa shape index (κ2) is 10.4. The lowest BCUT2D eigenvalue weighted by Gasteiger charge is -2.25. The molecule has 0 unspecified atom stereocenters. The summed E-state index contributed by atoms with van der Waals surface area (Å²) in [6.45, 7) is 0. The van der Waals surface area contributed by atoms with Gasteiger partial charge in [-0.25, -0.2) is 0 Å². The average Bonchev–Trinajstić information content (AvgIpc) is 2.90. The molecule has 0 bridgehead atoms. The van der Waals surface area contributed by atoms with Crippen LogP contribution in [0.1, 0.15) is 11.1 Å². The van der Waals surface area contributed by atoms with Crippen LogP contribution in [0, 0.1) is 15.4 Å². The molecule has 0 fully saturated rings. The molecule has 0 amide bonds. The van der Waals surface area contributed by atoms with Crippen LogP contribution in [0.2, 0.25) is 0 Å². The fraction of sp³-hybridized carbons (Fsp3) is 0. The number of benzene rings is 5. The normalized spacial score (nSPS) is 10.3. The van der Waals surface area contributed by atoms with E-state index in [9.17, 15) is 0 Å². The smallest absolute Gasteiger partial charge is 0.0462 e. The molecule has 0 saturated heterocycles. The molecule has 0 N–H and O–H groups in total. The molecule has 5 aromatic carbocycles. The molecule has 2 heteroatoms. The molecular weight excluding hydrogens is 525 g/mol. The lowest BCUT2D eigenvalue weighted by Crippen LogP contribution is -2.09. The Hall–Kier alpha value is -3.81. The predicted molar refractivity (Wildman–Crippen MR) is 152 cm³/mol. The van der Waals surface area contributed by atoms with E-state index in [1.807, 2.05) is 12.1 Å². The van der Waals surface area contributed by atoms with E-state index in [-0.39, 0.29) is 0 Å². The minimum absolute atomic E-state index is 0.992. The van der Waals surface area contributed by atoms with Gasteiger partial charge in [0.15, 0.2) is 0 Å². The summed E-state index contributed by atoms with van der Waals surface area (Å²) in [7, 11) is 0. The van der Waals surface area contributed by atoms with Crippen LogP contribution in [-0.4, -0.2) is 0 Å². The van der Waals surface area contributed by atoms with Crippen molar-refractivity contribution in [3.8, 4) is 23.0 Å². The highest BCUT2D eigenvalue weighted by atomic mass is 127. The van der Waals surface area contributed by atoms with E-state index >= 15 is 0 Å². The number of anilines is 3. The largest absolute Gasteiger partial charge is 0.311 e. The third-order valence-electron chi connectivity index (χ3n) is 5.57. The van der Waals surface area contributed by atoms with Gasteiger partial charge in [0.05, 0.1) is 0 Å². The van der Waals surface area contributed by atoms with Gasteiger partial charge < -0.3 is 4.90 Å². The van der Waals surface area contributed by atoms with Gasteiger partial charge in [0.25, 0.3) is 0 Å². The van der Waals surface area contributed by atoms with Crippen LogP contribution in [0.25, 0.3) is 11.1 Å². The van der Waals surface area contributed by atoms with E-state index in [0.29, 0.717) is 0 Å². The monoisotopic (exact) mass is 547 g/mol. The summed E-state index contributed by atoms with van der Waals surface area (Å²) in [5.41, 5.74) is 7.77. The Morgan fingerprint density at radius 2 is 0.794 bits per heavy atom. The van der Waals surface area contributed by atoms with Crippen molar-refractivity contribution in [1.29, 1.82) is 0 Å². The zero-order valence-electron chi connectivity index (χ0n) is 18.5. The predicted octanol–water partition coefficient (Wildman–Crippen LogP) is 8.83. The molecule has 0 heterocycles. The van der Waals surface area contributed by atoms with Crippen molar-refractivity contribution in [2.24, 2.45) is 0 Å². The van der Waals surface area contributed by atoms with Crippen LogP contribution in [0.5, 0.6) is 0 Å². The topological polar surface area (TPSA) is 3.24 Å². The minimum atomic E-state index is 0.992. The Balaban J connectivity index is 1.37. The summed E-state index contributed by atoms with van der Waals surface area (Å²) in [6.07, 6.45) is 0. The number of hydrogen-bond acceptors (Lipinski definition) is 1. The SMILES string of the molecule is Ic1ccc(-c2ccc(C#Cc3ccc(N(c4ccccc4)c4ccccc4)cc3)cc2)cc1. The molecule has 0 saturated carbocycles. The van der Waals surface area contributed by atoms with E-state index < -0.39 is 0 Å². The Morgan fingerprint density at radius 3 is 1.26 bits per heavy atom. The van der Waals surface area contributed by atoms with E-state index in [0.717, 1.165) is 28.2 Å². The van der Waals surface area contributed by atoms with Crippen LogP contribution >= 0.6 is 22.6 Å². The van der Waals surface area contributed by atoms with Gasteiger partial charge in [-0.2, -0.15) is 0 Å². The number of para-hydroxylation sites is 2. The van der Waals surface area contributed by atoms with Crippen LogP contribution < -0.4 is 4.90 Å². The molecular formula is C32H22IN. The summed E-state index contributed by atoms with van der Waals surface area (Å²) in [5, 5.41) is 0. The lowest BCUT2D eigenvalue weighted by molar-refractivity contribution is 1.28. The van der Waals surface area contributed by atoms with Gasteiger partial charge in [-0.15, -0.1) is 0 Å². The van der Waals surface area contributed by atoms with Crippen molar-refractivity contribution in [3.63, 3.8) is 0 Å². The van der Waals surface area contributed by atoms with Gasteiger partial charge >= 0.3 is 0 Å². The number of halogens is 1. The third-order valence-corrected chi connectivity index (χ3v) is 6.29. The Labute approximate surface area is 214 Å². The van der Waals surface area contributed by atoms with Crippen molar-refractivity contribution in [1.82, 2.24) is 0 Å². The van der Waals surface area contributed by atoms with Crippen molar-refractivity contribution in [2.75, 3.05) is 4.90 Å². The van der Waals surface area contributed by atoms with Gasteiger partial charge in [0, 0.05) is 31.8 Å². The van der Waals surface area contributed by atoms with E-state index in [1.54, 1.807) is 0 Å². The highest BCUT2D eigenvalue weighted by Crippen LogP contribution is 2.34. The molecule has 0 aliphatic heterocycles. The quantitative estimate of drug-likeness (QED) is 0.161. The van der Waals surface area contributed by atoms with Crippen molar-refractivity contribution >= 4 is 39.7 Å². The van der Waals surface area contributed by atoms with Gasteiger partial charge in [-0.1, -0.05) is 72.5 Å². The maximum atomic E-state index is 3.30. The molecule has 0 aromatic heterocycles. The molecule has 0 spiro atoms. The average molecular weight is 547 g/mol. The first-order valence-corrected chi connectivity index (χ1v) is 12.2. The van der Waals surface area contributed by atoms with Crippen LogP contribution in [0.15, 0.2) is 133 Å². The maximum Gasteiger partial charge on any atom is 0.0462 e. The molecule has 0 aliphatic carbocycles. The molecule has 34 heavy (non-hydrogen) atoms. The van der Waals surface area contributed by atoms with Gasteiger partial charge in [0.2, 0.25) is 0 Å². The summed E-state index contributed by atoms with van der Waals surface area (Å²) < 4.78 is 1.24. The number of nitrogens with zero attached hydrogens (tertiary/aromatic N) is 1. The van der Waals surface area contributed by atoms with E-state index in [2.05, 4.69) is 161 Å². The molecule has 0 atom stereocenters. The van der Waals surface area contributed by atoms with Crippen LogP contribution in [0.4, 0.5) is 17.1 Å². The van der Waals surface area contributed by atoms with Crippen molar-refractivity contribution < 1.29 is 0 Å². The third kappa shape index (κ3) is 5.22. The number of hydrogen-bond donors (Lipinski definition) is 0. The molecule has 5 rings (SSSR count). The minimum Gasteiger partial charge on any atom is -0.311 e. The summed E-state index contributed by atoms with van der Waals surface area (Å²) >= 11 is 2.33. The lowest BCUT2D eigenvalue weighted by atomic mass is 10.0. The highest BCUT2D eigenvalue weighted by Gasteiger charge is 2.11. The van der Waals surface area contributed by atoms with Crippen molar-refractivity contribution in [3.05, 3.63) is 148 Å². The standard InChI is InChI=1S/C32H22IN/c33-29-21-19-28(20-22-29)27-17-13-25(14-18-27)11-12-26-15-23-32(24-16-26)34(30-7-3-1-4-8-30)31-9-5-2-6-10-31/h1-10,13-24H. The highest BCUT2D eigenvalue weighted by molar-refractivity contribution is 14.1.